The lowest BCUT2D eigenvalue weighted by molar-refractivity contribution is 0.743. The monoisotopic (exact) mass is 246 g/mol. The zero-order valence-corrected chi connectivity index (χ0v) is 10.6. The molecular weight excluding hydrogens is 232 g/mol. The van der Waals surface area contributed by atoms with Crippen molar-refractivity contribution in [1.82, 2.24) is 9.78 Å². The SMILES string of the molecule is Cc1cc(Nc2ccccc2C(N)=S)nn1C. The number of nitrogens with zero attached hydrogens (tertiary/aromatic N) is 2. The second-order valence-electron chi connectivity index (χ2n) is 3.83. The first-order chi connectivity index (χ1) is 8.08. The van der Waals surface area contributed by atoms with Gasteiger partial charge in [0.1, 0.15) is 4.99 Å². The van der Waals surface area contributed by atoms with Gasteiger partial charge in [-0.2, -0.15) is 5.10 Å². The highest BCUT2D eigenvalue weighted by molar-refractivity contribution is 7.80. The zero-order valence-electron chi connectivity index (χ0n) is 9.77. The highest BCUT2D eigenvalue weighted by Crippen LogP contribution is 2.20. The molecule has 2 rings (SSSR count). The minimum absolute atomic E-state index is 0.376. The van der Waals surface area contributed by atoms with E-state index in [0.717, 1.165) is 22.8 Å². The summed E-state index contributed by atoms with van der Waals surface area (Å²) in [5.74, 6) is 0.786. The lowest BCUT2D eigenvalue weighted by Crippen LogP contribution is -2.11. The molecule has 0 bridgehead atoms. The largest absolute Gasteiger partial charge is 0.389 e. The molecule has 0 fully saturated rings. The Morgan fingerprint density at radius 2 is 2.12 bits per heavy atom. The van der Waals surface area contributed by atoms with Crippen molar-refractivity contribution in [2.75, 3.05) is 5.32 Å². The van der Waals surface area contributed by atoms with E-state index in [4.69, 9.17) is 18.0 Å². The number of nitrogens with one attached hydrogen (secondary N) is 1. The Morgan fingerprint density at radius 1 is 1.41 bits per heavy atom. The van der Waals surface area contributed by atoms with Crippen LogP contribution in [0.25, 0.3) is 0 Å². The molecule has 1 aromatic carbocycles. The van der Waals surface area contributed by atoms with Crippen LogP contribution in [0.2, 0.25) is 0 Å². The Kier molecular flexibility index (Phi) is 3.10. The van der Waals surface area contributed by atoms with E-state index in [0.29, 0.717) is 4.99 Å². The Labute approximate surface area is 105 Å². The fourth-order valence-corrected chi connectivity index (χ4v) is 1.74. The van der Waals surface area contributed by atoms with Crippen molar-refractivity contribution in [3.05, 3.63) is 41.6 Å². The summed E-state index contributed by atoms with van der Waals surface area (Å²) in [5, 5.41) is 7.54. The molecule has 0 unspecified atom stereocenters. The summed E-state index contributed by atoms with van der Waals surface area (Å²) in [6.45, 7) is 2.00. The molecule has 0 amide bonds. The molecule has 0 atom stereocenters. The predicted molar refractivity (Wildman–Crippen MR) is 73.6 cm³/mol. The Bertz CT molecular complexity index is 540. The van der Waals surface area contributed by atoms with Gasteiger partial charge in [-0.1, -0.05) is 24.4 Å². The zero-order chi connectivity index (χ0) is 12.4. The van der Waals surface area contributed by atoms with Crippen LogP contribution < -0.4 is 11.1 Å². The second-order valence-corrected chi connectivity index (χ2v) is 4.27. The van der Waals surface area contributed by atoms with Crippen molar-refractivity contribution in [1.29, 1.82) is 0 Å². The minimum atomic E-state index is 0.376. The third-order valence-corrected chi connectivity index (χ3v) is 2.79. The first-order valence-electron chi connectivity index (χ1n) is 5.24. The first-order valence-corrected chi connectivity index (χ1v) is 5.65. The Balaban J connectivity index is 2.33. The van der Waals surface area contributed by atoms with Crippen molar-refractivity contribution < 1.29 is 0 Å². The summed E-state index contributed by atoms with van der Waals surface area (Å²) in [6, 6.07) is 9.62. The lowest BCUT2D eigenvalue weighted by atomic mass is 10.2. The van der Waals surface area contributed by atoms with Crippen LogP contribution >= 0.6 is 12.2 Å². The van der Waals surface area contributed by atoms with E-state index in [9.17, 15) is 0 Å². The molecule has 0 aliphatic carbocycles. The number of thiocarbonyl (C=S) groups is 1. The molecule has 3 N–H and O–H groups in total. The van der Waals surface area contributed by atoms with Gasteiger partial charge in [0.2, 0.25) is 0 Å². The van der Waals surface area contributed by atoms with Crippen molar-refractivity contribution >= 4 is 28.7 Å². The van der Waals surface area contributed by atoms with E-state index >= 15 is 0 Å². The summed E-state index contributed by atoms with van der Waals surface area (Å²) in [5.41, 5.74) is 8.45. The maximum Gasteiger partial charge on any atom is 0.152 e. The summed E-state index contributed by atoms with van der Waals surface area (Å²) in [7, 11) is 1.90. The number of rotatable bonds is 3. The molecule has 0 radical (unpaired) electrons. The number of anilines is 2. The van der Waals surface area contributed by atoms with Crippen LogP contribution in [0, 0.1) is 6.92 Å². The third-order valence-electron chi connectivity index (χ3n) is 2.57. The maximum absolute atomic E-state index is 5.67. The van der Waals surface area contributed by atoms with Crippen LogP contribution in [0.1, 0.15) is 11.3 Å². The van der Waals surface area contributed by atoms with Crippen molar-refractivity contribution in [3.8, 4) is 0 Å². The van der Waals surface area contributed by atoms with Crippen LogP contribution in [0.15, 0.2) is 30.3 Å². The van der Waals surface area contributed by atoms with Crippen molar-refractivity contribution in [3.63, 3.8) is 0 Å². The van der Waals surface area contributed by atoms with Gasteiger partial charge in [-0.05, 0) is 19.1 Å². The van der Waals surface area contributed by atoms with Crippen molar-refractivity contribution in [2.24, 2.45) is 12.8 Å². The van der Waals surface area contributed by atoms with Gasteiger partial charge >= 0.3 is 0 Å². The molecule has 17 heavy (non-hydrogen) atoms. The fraction of sp³-hybridized carbons (Fsp3) is 0.167. The molecular formula is C12H14N4S. The molecule has 88 valence electrons. The second kappa shape index (κ2) is 4.55. The van der Waals surface area contributed by atoms with Gasteiger partial charge < -0.3 is 11.1 Å². The van der Waals surface area contributed by atoms with Crippen LogP contribution in [-0.4, -0.2) is 14.8 Å². The number of hydrogen-bond donors (Lipinski definition) is 2. The smallest absolute Gasteiger partial charge is 0.152 e. The predicted octanol–water partition coefficient (Wildman–Crippen LogP) is 2.11. The van der Waals surface area contributed by atoms with Gasteiger partial charge in [0.05, 0.1) is 0 Å². The van der Waals surface area contributed by atoms with Crippen LogP contribution in [0.3, 0.4) is 0 Å². The average Bonchev–Trinajstić information content (AvgIpc) is 2.58. The number of nitrogens with two attached hydrogens (primary N) is 1. The summed E-state index contributed by atoms with van der Waals surface area (Å²) in [6.07, 6.45) is 0. The van der Waals surface area contributed by atoms with Gasteiger partial charge in [-0.15, -0.1) is 0 Å². The van der Waals surface area contributed by atoms with Crippen molar-refractivity contribution in [2.45, 2.75) is 6.92 Å². The molecule has 1 aromatic heterocycles. The van der Waals surface area contributed by atoms with Gasteiger partial charge in [-0.25, -0.2) is 0 Å². The maximum atomic E-state index is 5.67. The molecule has 0 aliphatic rings. The highest BCUT2D eigenvalue weighted by atomic mass is 32.1. The van der Waals surface area contributed by atoms with Crippen LogP contribution in [0.5, 0.6) is 0 Å². The number of benzene rings is 1. The minimum Gasteiger partial charge on any atom is -0.389 e. The summed E-state index contributed by atoms with van der Waals surface area (Å²) < 4.78 is 1.81. The van der Waals surface area contributed by atoms with E-state index in [1.165, 1.54) is 0 Å². The number of para-hydroxylation sites is 1. The topological polar surface area (TPSA) is 55.9 Å². The molecule has 0 spiro atoms. The highest BCUT2D eigenvalue weighted by Gasteiger charge is 2.06. The summed E-state index contributed by atoms with van der Waals surface area (Å²) >= 11 is 5.01. The van der Waals surface area contributed by atoms with Gasteiger partial charge in [-0.3, -0.25) is 4.68 Å². The van der Waals surface area contributed by atoms with Crippen LogP contribution in [-0.2, 0) is 7.05 Å². The van der Waals surface area contributed by atoms with Gasteiger partial charge in [0, 0.05) is 30.1 Å². The molecule has 1 heterocycles. The van der Waals surface area contributed by atoms with E-state index in [-0.39, 0.29) is 0 Å². The number of aromatic nitrogens is 2. The molecule has 0 saturated heterocycles. The van der Waals surface area contributed by atoms with Gasteiger partial charge in [0.15, 0.2) is 5.82 Å². The molecule has 0 aliphatic heterocycles. The van der Waals surface area contributed by atoms with Gasteiger partial charge in [0.25, 0.3) is 0 Å². The third kappa shape index (κ3) is 2.45. The van der Waals surface area contributed by atoms with E-state index in [2.05, 4.69) is 10.4 Å². The number of aryl methyl sites for hydroxylation is 2. The summed E-state index contributed by atoms with van der Waals surface area (Å²) in [4.78, 5) is 0.376. The number of hydrogen-bond acceptors (Lipinski definition) is 3. The molecule has 4 nitrogen and oxygen atoms in total. The fourth-order valence-electron chi connectivity index (χ4n) is 1.57. The Morgan fingerprint density at radius 3 is 2.71 bits per heavy atom. The quantitative estimate of drug-likeness (QED) is 0.814. The van der Waals surface area contributed by atoms with E-state index in [1.54, 1.807) is 0 Å². The standard InChI is InChI=1S/C12H14N4S/c1-8-7-11(15-16(8)2)14-10-6-4-3-5-9(10)12(13)17/h3-7H,1-2H3,(H2,13,17)(H,14,15). The van der Waals surface area contributed by atoms with E-state index in [1.807, 2.05) is 49.0 Å². The molecule has 5 heteroatoms. The first kappa shape index (κ1) is 11.6. The molecule has 2 aromatic rings. The Hall–Kier alpha value is -1.88. The van der Waals surface area contributed by atoms with Crippen LogP contribution in [0.4, 0.5) is 11.5 Å². The molecule has 0 saturated carbocycles. The lowest BCUT2D eigenvalue weighted by Gasteiger charge is -2.08. The van der Waals surface area contributed by atoms with E-state index < -0.39 is 0 Å². The normalized spacial score (nSPS) is 10.2. The average molecular weight is 246 g/mol.